The van der Waals surface area contributed by atoms with Crippen LogP contribution in [0.15, 0.2) is 48.5 Å². The summed E-state index contributed by atoms with van der Waals surface area (Å²) in [5.74, 6) is -0.164. The Hall–Kier alpha value is -2.49. The fourth-order valence-corrected chi connectivity index (χ4v) is 1.72. The van der Waals surface area contributed by atoms with Crippen molar-refractivity contribution in [2.24, 2.45) is 0 Å². The Balaban J connectivity index is 2.04. The van der Waals surface area contributed by atoms with Gasteiger partial charge in [0.25, 0.3) is 0 Å². The maximum atomic E-state index is 11.9. The van der Waals surface area contributed by atoms with Crippen molar-refractivity contribution >= 4 is 5.97 Å². The summed E-state index contributed by atoms with van der Waals surface area (Å²) in [7, 11) is 0. The van der Waals surface area contributed by atoms with Crippen molar-refractivity contribution in [3.05, 3.63) is 59.7 Å². The molecule has 0 bridgehead atoms. The molecule has 2 aromatic rings. The molecule has 0 radical (unpaired) electrons. The number of phenolic OH excluding ortho intramolecular Hbond substituents is 1. The number of aromatic hydroxyl groups is 1. The van der Waals surface area contributed by atoms with Gasteiger partial charge in [0.1, 0.15) is 6.61 Å². The Morgan fingerprint density at radius 3 is 2.60 bits per heavy atom. The van der Waals surface area contributed by atoms with Crippen LogP contribution in [0.25, 0.3) is 0 Å². The number of carbonyl (C=O) groups is 1. The average Bonchev–Trinajstić information content (AvgIpc) is 2.48. The molecular weight excluding hydrogens is 256 g/mol. The first-order valence-corrected chi connectivity index (χ1v) is 6.37. The topological polar surface area (TPSA) is 55.8 Å². The van der Waals surface area contributed by atoms with Crippen LogP contribution < -0.4 is 4.74 Å². The largest absolute Gasteiger partial charge is 0.504 e. The highest BCUT2D eigenvalue weighted by Gasteiger charge is 2.11. The second-order valence-corrected chi connectivity index (χ2v) is 4.18. The monoisotopic (exact) mass is 272 g/mol. The number of rotatable bonds is 5. The summed E-state index contributed by atoms with van der Waals surface area (Å²) < 4.78 is 10.4. The van der Waals surface area contributed by atoms with Crippen LogP contribution in [-0.4, -0.2) is 17.7 Å². The standard InChI is InChI=1S/C16H16O4/c1-2-19-15-10-13(8-9-14(15)17)16(18)20-11-12-6-4-3-5-7-12/h3-10,17H,2,11H2,1H3. The van der Waals surface area contributed by atoms with Gasteiger partial charge in [0.15, 0.2) is 11.5 Å². The van der Waals surface area contributed by atoms with Crippen LogP contribution in [0.1, 0.15) is 22.8 Å². The average molecular weight is 272 g/mol. The Kier molecular flexibility index (Phi) is 4.60. The molecule has 0 spiro atoms. The molecule has 0 aliphatic carbocycles. The van der Waals surface area contributed by atoms with Gasteiger partial charge in [-0.3, -0.25) is 0 Å². The molecular formula is C16H16O4. The normalized spacial score (nSPS) is 10.1. The quantitative estimate of drug-likeness (QED) is 0.849. The lowest BCUT2D eigenvalue weighted by molar-refractivity contribution is 0.0472. The molecule has 0 aliphatic heterocycles. The molecule has 0 saturated heterocycles. The van der Waals surface area contributed by atoms with Crippen LogP contribution in [0.3, 0.4) is 0 Å². The van der Waals surface area contributed by atoms with E-state index >= 15 is 0 Å². The summed E-state index contributed by atoms with van der Waals surface area (Å²) in [6.45, 7) is 2.43. The predicted octanol–water partition coefficient (Wildman–Crippen LogP) is 3.15. The van der Waals surface area contributed by atoms with Crippen molar-refractivity contribution in [3.63, 3.8) is 0 Å². The minimum atomic E-state index is -0.449. The van der Waals surface area contributed by atoms with Crippen LogP contribution in [-0.2, 0) is 11.3 Å². The number of phenols is 1. The van der Waals surface area contributed by atoms with Gasteiger partial charge in [0.05, 0.1) is 12.2 Å². The van der Waals surface area contributed by atoms with E-state index in [2.05, 4.69) is 0 Å². The maximum Gasteiger partial charge on any atom is 0.338 e. The van der Waals surface area contributed by atoms with Gasteiger partial charge in [0, 0.05) is 0 Å². The minimum absolute atomic E-state index is 0.00598. The van der Waals surface area contributed by atoms with E-state index in [-0.39, 0.29) is 18.1 Å². The van der Waals surface area contributed by atoms with E-state index in [0.717, 1.165) is 5.56 Å². The summed E-state index contributed by atoms with van der Waals surface area (Å²) in [5, 5.41) is 9.58. The molecule has 0 saturated carbocycles. The smallest absolute Gasteiger partial charge is 0.338 e. The van der Waals surface area contributed by atoms with Crippen LogP contribution in [0.4, 0.5) is 0 Å². The lowest BCUT2D eigenvalue weighted by Gasteiger charge is -2.08. The van der Waals surface area contributed by atoms with Crippen LogP contribution in [0.5, 0.6) is 11.5 Å². The zero-order valence-electron chi connectivity index (χ0n) is 11.2. The molecule has 0 amide bonds. The summed E-state index contributed by atoms with van der Waals surface area (Å²) in [6.07, 6.45) is 0. The summed E-state index contributed by atoms with van der Waals surface area (Å²) in [4.78, 5) is 11.9. The van der Waals surface area contributed by atoms with Crippen molar-refractivity contribution in [2.75, 3.05) is 6.61 Å². The third kappa shape index (κ3) is 3.51. The third-order valence-electron chi connectivity index (χ3n) is 2.71. The highest BCUT2D eigenvalue weighted by Crippen LogP contribution is 2.27. The number of hydrogen-bond acceptors (Lipinski definition) is 4. The summed E-state index contributed by atoms with van der Waals surface area (Å²) in [6, 6.07) is 13.8. The third-order valence-corrected chi connectivity index (χ3v) is 2.71. The van der Waals surface area contributed by atoms with Gasteiger partial charge >= 0.3 is 5.97 Å². The first kappa shape index (κ1) is 13.9. The number of carbonyl (C=O) groups excluding carboxylic acids is 1. The molecule has 104 valence electrons. The molecule has 0 aliphatic rings. The van der Waals surface area contributed by atoms with E-state index in [9.17, 15) is 9.90 Å². The molecule has 1 N–H and O–H groups in total. The van der Waals surface area contributed by atoms with Crippen molar-refractivity contribution < 1.29 is 19.4 Å². The lowest BCUT2D eigenvalue weighted by atomic mass is 10.2. The Morgan fingerprint density at radius 2 is 1.90 bits per heavy atom. The Labute approximate surface area is 117 Å². The first-order valence-electron chi connectivity index (χ1n) is 6.37. The first-order chi connectivity index (χ1) is 9.70. The number of esters is 1. The highest BCUT2D eigenvalue weighted by molar-refractivity contribution is 5.90. The molecule has 0 fully saturated rings. The molecule has 20 heavy (non-hydrogen) atoms. The van der Waals surface area contributed by atoms with E-state index in [1.807, 2.05) is 30.3 Å². The molecule has 0 unspecified atom stereocenters. The fraction of sp³-hybridized carbons (Fsp3) is 0.188. The molecule has 0 atom stereocenters. The molecule has 0 heterocycles. The van der Waals surface area contributed by atoms with Crippen molar-refractivity contribution in [1.29, 1.82) is 0 Å². The van der Waals surface area contributed by atoms with Gasteiger partial charge in [-0.1, -0.05) is 30.3 Å². The number of hydrogen-bond donors (Lipinski definition) is 1. The summed E-state index contributed by atoms with van der Waals surface area (Å²) >= 11 is 0. The minimum Gasteiger partial charge on any atom is -0.504 e. The summed E-state index contributed by atoms with van der Waals surface area (Å²) in [5.41, 5.74) is 1.27. The van der Waals surface area contributed by atoms with Crippen molar-refractivity contribution in [2.45, 2.75) is 13.5 Å². The number of benzene rings is 2. The second-order valence-electron chi connectivity index (χ2n) is 4.18. The van der Waals surface area contributed by atoms with E-state index in [1.54, 1.807) is 6.92 Å². The van der Waals surface area contributed by atoms with Gasteiger partial charge < -0.3 is 14.6 Å². The lowest BCUT2D eigenvalue weighted by Crippen LogP contribution is -2.05. The van der Waals surface area contributed by atoms with Gasteiger partial charge in [-0.05, 0) is 30.7 Å². The Bertz CT molecular complexity index is 578. The zero-order chi connectivity index (χ0) is 14.4. The van der Waals surface area contributed by atoms with Crippen LogP contribution >= 0.6 is 0 Å². The van der Waals surface area contributed by atoms with E-state index < -0.39 is 5.97 Å². The van der Waals surface area contributed by atoms with Gasteiger partial charge in [-0.2, -0.15) is 0 Å². The van der Waals surface area contributed by atoms with E-state index in [0.29, 0.717) is 12.2 Å². The molecule has 2 aromatic carbocycles. The van der Waals surface area contributed by atoms with Crippen LogP contribution in [0, 0.1) is 0 Å². The van der Waals surface area contributed by atoms with Gasteiger partial charge in [-0.15, -0.1) is 0 Å². The Morgan fingerprint density at radius 1 is 1.15 bits per heavy atom. The van der Waals surface area contributed by atoms with Gasteiger partial charge in [0.2, 0.25) is 0 Å². The molecule has 2 rings (SSSR count). The van der Waals surface area contributed by atoms with Crippen molar-refractivity contribution in [3.8, 4) is 11.5 Å². The van der Waals surface area contributed by atoms with Crippen LogP contribution in [0.2, 0.25) is 0 Å². The SMILES string of the molecule is CCOc1cc(C(=O)OCc2ccccc2)ccc1O. The predicted molar refractivity (Wildman–Crippen MR) is 74.8 cm³/mol. The van der Waals surface area contributed by atoms with Gasteiger partial charge in [-0.25, -0.2) is 4.79 Å². The zero-order valence-corrected chi connectivity index (χ0v) is 11.2. The molecule has 0 aromatic heterocycles. The fourth-order valence-electron chi connectivity index (χ4n) is 1.72. The highest BCUT2D eigenvalue weighted by atomic mass is 16.5. The molecule has 4 heteroatoms. The van der Waals surface area contributed by atoms with Crippen molar-refractivity contribution in [1.82, 2.24) is 0 Å². The molecule has 4 nitrogen and oxygen atoms in total. The van der Waals surface area contributed by atoms with E-state index in [4.69, 9.17) is 9.47 Å². The van der Waals surface area contributed by atoms with E-state index in [1.165, 1.54) is 18.2 Å². The second kappa shape index (κ2) is 6.61. The maximum absolute atomic E-state index is 11.9. The number of ether oxygens (including phenoxy) is 2.